The lowest BCUT2D eigenvalue weighted by molar-refractivity contribution is -0.870. The maximum Gasteiger partial charge on any atom is 0.472 e. The van der Waals surface area contributed by atoms with E-state index in [1.165, 1.54) is 283 Å². The van der Waals surface area contributed by atoms with Gasteiger partial charge in [0.15, 0.2) is 6.10 Å². The highest BCUT2D eigenvalue weighted by molar-refractivity contribution is 7.47. The zero-order chi connectivity index (χ0) is 68.3. The molecule has 94 heavy (non-hydrogen) atoms. The van der Waals surface area contributed by atoms with Gasteiger partial charge in [-0.05, 0) is 89.9 Å². The molecule has 0 aliphatic rings. The SMILES string of the molecule is CC/C=C\C/C=C\C/C=C\C/C=C\C/C=C\CCCCCCCCCCCCCCCCCCCCCCCC(=O)OC(COC(=O)CCCCCCCCCCCCCCCCCCCCCCC/C=C\C/C=C\CCCCCCC)COP(=O)(O)OCC[N+](C)(C)C. The van der Waals surface area contributed by atoms with E-state index < -0.39 is 26.5 Å². The Morgan fingerprint density at radius 3 is 0.904 bits per heavy atom. The molecule has 9 nitrogen and oxygen atoms in total. The van der Waals surface area contributed by atoms with Crippen molar-refractivity contribution in [3.63, 3.8) is 0 Å². The molecule has 0 spiro atoms. The highest BCUT2D eigenvalue weighted by Crippen LogP contribution is 2.43. The molecule has 2 unspecified atom stereocenters. The number of rotatable bonds is 75. The lowest BCUT2D eigenvalue weighted by atomic mass is 10.0. The Morgan fingerprint density at radius 2 is 0.606 bits per heavy atom. The maximum absolute atomic E-state index is 12.9. The van der Waals surface area contributed by atoms with Crippen LogP contribution in [0.1, 0.15) is 386 Å². The highest BCUT2D eigenvalue weighted by Gasteiger charge is 2.27. The van der Waals surface area contributed by atoms with Gasteiger partial charge >= 0.3 is 19.8 Å². The van der Waals surface area contributed by atoms with Crippen LogP contribution in [0.4, 0.5) is 0 Å². The molecule has 2 atom stereocenters. The molecular weight excluding hydrogens is 1180 g/mol. The van der Waals surface area contributed by atoms with Gasteiger partial charge in [-0.25, -0.2) is 4.57 Å². The fourth-order valence-electron chi connectivity index (χ4n) is 11.8. The fourth-order valence-corrected chi connectivity index (χ4v) is 12.5. The summed E-state index contributed by atoms with van der Waals surface area (Å²) in [5.74, 6) is -0.777. The average molecular weight is 1340 g/mol. The monoisotopic (exact) mass is 1340 g/mol. The number of likely N-dealkylation sites (N-methyl/N-ethyl adjacent to an activating group) is 1. The van der Waals surface area contributed by atoms with E-state index in [9.17, 15) is 19.0 Å². The van der Waals surface area contributed by atoms with Gasteiger partial charge in [-0.3, -0.25) is 18.6 Å². The van der Waals surface area contributed by atoms with Crippen molar-refractivity contribution in [2.75, 3.05) is 47.5 Å². The number of allylic oxidation sites excluding steroid dienone is 14. The molecule has 0 amide bonds. The van der Waals surface area contributed by atoms with Gasteiger partial charge in [0.1, 0.15) is 19.8 Å². The van der Waals surface area contributed by atoms with Gasteiger partial charge in [0.25, 0.3) is 0 Å². The fraction of sp³-hybridized carbons (Fsp3) is 0.810. The van der Waals surface area contributed by atoms with E-state index in [4.69, 9.17) is 18.5 Å². The topological polar surface area (TPSA) is 108 Å². The third-order valence-electron chi connectivity index (χ3n) is 17.9. The minimum absolute atomic E-state index is 0.0328. The summed E-state index contributed by atoms with van der Waals surface area (Å²) in [6, 6.07) is 0. The Hall–Kier alpha value is -2.81. The Kier molecular flexibility index (Phi) is 72.2. The summed E-state index contributed by atoms with van der Waals surface area (Å²) in [4.78, 5) is 36.0. The second kappa shape index (κ2) is 74.4. The Bertz CT molecular complexity index is 1860. The van der Waals surface area contributed by atoms with E-state index in [0.29, 0.717) is 23.9 Å². The van der Waals surface area contributed by atoms with Gasteiger partial charge in [0.2, 0.25) is 0 Å². The molecule has 0 aromatic carbocycles. The molecule has 0 radical (unpaired) electrons. The largest absolute Gasteiger partial charge is 0.472 e. The predicted molar refractivity (Wildman–Crippen MR) is 409 cm³/mol. The van der Waals surface area contributed by atoms with E-state index in [-0.39, 0.29) is 25.6 Å². The number of unbranched alkanes of at least 4 members (excludes halogenated alkanes) is 47. The molecule has 0 aromatic rings. The summed E-state index contributed by atoms with van der Waals surface area (Å²) >= 11 is 0. The van der Waals surface area contributed by atoms with Crippen LogP contribution in [0.15, 0.2) is 85.1 Å². The van der Waals surface area contributed by atoms with Crippen LogP contribution in [0.3, 0.4) is 0 Å². The van der Waals surface area contributed by atoms with Crippen molar-refractivity contribution < 1.29 is 42.1 Å². The quantitative estimate of drug-likeness (QED) is 0.0211. The van der Waals surface area contributed by atoms with Crippen LogP contribution in [0.5, 0.6) is 0 Å². The lowest BCUT2D eigenvalue weighted by Gasteiger charge is -2.24. The maximum atomic E-state index is 12.9. The molecule has 0 saturated carbocycles. The van der Waals surface area contributed by atoms with Crippen molar-refractivity contribution in [3.05, 3.63) is 85.1 Å². The van der Waals surface area contributed by atoms with Crippen molar-refractivity contribution in [1.29, 1.82) is 0 Å². The molecule has 0 aliphatic heterocycles. The number of carbonyl (C=O) groups is 2. The standard InChI is InChI=1S/C84H154NO8P/c1-6-8-10-12-14-16-18-20-22-24-26-28-30-32-34-36-38-40-41-42-43-45-47-49-51-53-55-57-59-61-63-65-67-69-71-73-75-77-84(87)93-82(81-92-94(88,89)91-79-78-85(3,4)5)80-90-83(86)76-74-72-70-68-66-64-62-60-58-56-54-52-50-48-46-44-39-37-35-33-31-29-27-25-23-21-19-17-15-13-11-9-7-2/h8,10,14,16,19-22,25-28,32,34,82H,6-7,9,11-13,15,17-18,23-24,29-31,33,35-81H2,1-5H3/p+1/b10-8-,16-14-,21-19-,22-20-,27-25-,28-26-,34-32-. The van der Waals surface area contributed by atoms with Crippen LogP contribution >= 0.6 is 7.82 Å². The second-order valence-electron chi connectivity index (χ2n) is 28.4. The third kappa shape index (κ3) is 78.2. The lowest BCUT2D eigenvalue weighted by Crippen LogP contribution is -2.37. The molecule has 0 aliphatic carbocycles. The average Bonchev–Trinajstić information content (AvgIpc) is 1.56. The number of hydrogen-bond acceptors (Lipinski definition) is 7. The summed E-state index contributed by atoms with van der Waals surface area (Å²) in [7, 11) is 1.49. The number of carbonyl (C=O) groups excluding carboxylic acids is 2. The summed E-state index contributed by atoms with van der Waals surface area (Å²) in [5.41, 5.74) is 0. The van der Waals surface area contributed by atoms with Crippen LogP contribution in [0, 0.1) is 0 Å². The smallest absolute Gasteiger partial charge is 0.462 e. The van der Waals surface area contributed by atoms with Crippen molar-refractivity contribution in [1.82, 2.24) is 0 Å². The van der Waals surface area contributed by atoms with Crippen molar-refractivity contribution in [2.45, 2.75) is 392 Å². The van der Waals surface area contributed by atoms with E-state index in [1.54, 1.807) is 0 Å². The van der Waals surface area contributed by atoms with Crippen molar-refractivity contribution in [2.24, 2.45) is 0 Å². The van der Waals surface area contributed by atoms with E-state index in [0.717, 1.165) is 70.6 Å². The molecule has 0 saturated heterocycles. The van der Waals surface area contributed by atoms with Crippen molar-refractivity contribution in [3.8, 4) is 0 Å². The first-order chi connectivity index (χ1) is 46.0. The van der Waals surface area contributed by atoms with E-state index in [2.05, 4.69) is 98.9 Å². The number of nitrogens with zero attached hydrogens (tertiary/aromatic N) is 1. The highest BCUT2D eigenvalue weighted by atomic mass is 31.2. The first kappa shape index (κ1) is 91.2. The summed E-state index contributed by atoms with van der Waals surface area (Å²) in [6.07, 6.45) is 103. The minimum Gasteiger partial charge on any atom is -0.462 e. The molecule has 0 heterocycles. The molecule has 0 rings (SSSR count). The molecule has 0 fully saturated rings. The number of quaternary nitrogens is 1. The van der Waals surface area contributed by atoms with Gasteiger partial charge in [-0.15, -0.1) is 0 Å². The van der Waals surface area contributed by atoms with Crippen LogP contribution in [0.2, 0.25) is 0 Å². The summed E-state index contributed by atoms with van der Waals surface area (Å²) in [5, 5.41) is 0. The van der Waals surface area contributed by atoms with Gasteiger partial charge in [0.05, 0.1) is 27.7 Å². The third-order valence-corrected chi connectivity index (χ3v) is 18.9. The van der Waals surface area contributed by atoms with Crippen LogP contribution < -0.4 is 0 Å². The zero-order valence-electron chi connectivity index (χ0n) is 62.7. The molecule has 10 heteroatoms. The number of phosphoric acid groups is 1. The summed E-state index contributed by atoms with van der Waals surface area (Å²) < 4.78 is 34.8. The Labute approximate surface area is 583 Å². The van der Waals surface area contributed by atoms with Gasteiger partial charge in [-0.1, -0.05) is 369 Å². The molecule has 1 N–H and O–H groups in total. The van der Waals surface area contributed by atoms with Gasteiger partial charge < -0.3 is 18.9 Å². The minimum atomic E-state index is -4.40. The summed E-state index contributed by atoms with van der Waals surface area (Å²) in [6.45, 7) is 4.37. The molecule has 0 aromatic heterocycles. The van der Waals surface area contributed by atoms with Crippen LogP contribution in [-0.4, -0.2) is 74.9 Å². The normalized spacial score (nSPS) is 13.5. The van der Waals surface area contributed by atoms with E-state index >= 15 is 0 Å². The number of hydrogen-bond donors (Lipinski definition) is 1. The van der Waals surface area contributed by atoms with E-state index in [1.807, 2.05) is 21.1 Å². The Balaban J connectivity index is 3.92. The zero-order valence-corrected chi connectivity index (χ0v) is 63.6. The Morgan fingerprint density at radius 1 is 0.340 bits per heavy atom. The predicted octanol–water partition coefficient (Wildman–Crippen LogP) is 26.8. The molecule has 0 bridgehead atoms. The first-order valence-electron chi connectivity index (χ1n) is 40.3. The van der Waals surface area contributed by atoms with Crippen molar-refractivity contribution >= 4 is 19.8 Å². The molecular formula is C84H155NO8P+. The van der Waals surface area contributed by atoms with Gasteiger partial charge in [-0.2, -0.15) is 0 Å². The number of ether oxygens (including phenoxy) is 2. The van der Waals surface area contributed by atoms with Crippen LogP contribution in [-0.2, 0) is 32.7 Å². The number of phosphoric ester groups is 1. The first-order valence-corrected chi connectivity index (χ1v) is 41.8. The second-order valence-corrected chi connectivity index (χ2v) is 29.9. The number of esters is 2. The van der Waals surface area contributed by atoms with Crippen LogP contribution in [0.25, 0.3) is 0 Å². The van der Waals surface area contributed by atoms with Gasteiger partial charge in [0, 0.05) is 12.8 Å². The molecule has 548 valence electrons.